The Balaban J connectivity index is 0.00000338. The van der Waals surface area contributed by atoms with Gasteiger partial charge in [0.1, 0.15) is 11.5 Å². The van der Waals surface area contributed by atoms with Gasteiger partial charge in [-0.05, 0) is 55.8 Å². The van der Waals surface area contributed by atoms with Crippen LogP contribution in [0.1, 0.15) is 19.8 Å². The van der Waals surface area contributed by atoms with E-state index in [2.05, 4.69) is 5.32 Å². The molecule has 1 amide bonds. The summed E-state index contributed by atoms with van der Waals surface area (Å²) in [6.07, 6.45) is 2.15. The highest BCUT2D eigenvalue weighted by molar-refractivity contribution is 7.90. The summed E-state index contributed by atoms with van der Waals surface area (Å²) >= 11 is 0. The van der Waals surface area contributed by atoms with E-state index in [4.69, 9.17) is 10.5 Å². The van der Waals surface area contributed by atoms with E-state index < -0.39 is 9.84 Å². The molecule has 1 atom stereocenters. The van der Waals surface area contributed by atoms with Crippen LogP contribution in [0.5, 0.6) is 11.5 Å². The Morgan fingerprint density at radius 2 is 1.81 bits per heavy atom. The monoisotopic (exact) mass is 398 g/mol. The molecule has 0 aliphatic carbocycles. The van der Waals surface area contributed by atoms with E-state index >= 15 is 0 Å². The fourth-order valence-corrected chi connectivity index (χ4v) is 2.75. The number of halogens is 1. The first-order chi connectivity index (χ1) is 11.7. The fraction of sp³-hybridized carbons (Fsp3) is 0.278. The van der Waals surface area contributed by atoms with Crippen molar-refractivity contribution in [3.63, 3.8) is 0 Å². The number of sulfone groups is 1. The van der Waals surface area contributed by atoms with Crippen molar-refractivity contribution in [3.05, 3.63) is 48.5 Å². The lowest BCUT2D eigenvalue weighted by Crippen LogP contribution is -2.19. The Morgan fingerprint density at radius 1 is 1.15 bits per heavy atom. The molecule has 0 saturated heterocycles. The topological polar surface area (TPSA) is 98.5 Å². The fourth-order valence-electron chi connectivity index (χ4n) is 2.09. The Bertz CT molecular complexity index is 837. The predicted octanol–water partition coefficient (Wildman–Crippen LogP) is 3.37. The summed E-state index contributed by atoms with van der Waals surface area (Å²) in [5, 5.41) is 2.79. The number of benzene rings is 2. The molecule has 0 heterocycles. The highest BCUT2D eigenvalue weighted by atomic mass is 35.5. The third-order valence-electron chi connectivity index (χ3n) is 3.43. The summed E-state index contributed by atoms with van der Waals surface area (Å²) in [7, 11) is -3.29. The maximum Gasteiger partial charge on any atom is 0.224 e. The van der Waals surface area contributed by atoms with Crippen molar-refractivity contribution in [2.24, 2.45) is 5.73 Å². The van der Waals surface area contributed by atoms with Crippen molar-refractivity contribution in [1.82, 2.24) is 0 Å². The second-order valence-corrected chi connectivity index (χ2v) is 7.95. The summed E-state index contributed by atoms with van der Waals surface area (Å²) in [5.74, 6) is 0.877. The molecule has 142 valence electrons. The minimum atomic E-state index is -3.29. The molecular formula is C18H23ClN2O4S. The molecule has 0 bridgehead atoms. The van der Waals surface area contributed by atoms with Gasteiger partial charge in [0.2, 0.25) is 5.91 Å². The molecule has 2 aromatic rings. The minimum absolute atomic E-state index is 0. The number of carbonyl (C=O) groups is 1. The second kappa shape index (κ2) is 9.56. The summed E-state index contributed by atoms with van der Waals surface area (Å²) in [5.41, 5.74) is 6.29. The first-order valence-electron chi connectivity index (χ1n) is 7.87. The van der Waals surface area contributed by atoms with Gasteiger partial charge in [-0.2, -0.15) is 0 Å². The van der Waals surface area contributed by atoms with Gasteiger partial charge in [-0.25, -0.2) is 8.42 Å². The highest BCUT2D eigenvalue weighted by Gasteiger charge is 2.09. The summed E-state index contributed by atoms with van der Waals surface area (Å²) in [6, 6.07) is 13.1. The molecule has 2 rings (SSSR count). The van der Waals surface area contributed by atoms with Crippen molar-refractivity contribution in [3.8, 4) is 11.5 Å². The number of hydrogen-bond donors (Lipinski definition) is 2. The molecule has 6 nitrogen and oxygen atoms in total. The van der Waals surface area contributed by atoms with E-state index in [1.807, 2.05) is 6.92 Å². The van der Waals surface area contributed by atoms with Gasteiger partial charge in [0.25, 0.3) is 0 Å². The second-order valence-electron chi connectivity index (χ2n) is 5.94. The van der Waals surface area contributed by atoms with Crippen molar-refractivity contribution in [1.29, 1.82) is 0 Å². The smallest absolute Gasteiger partial charge is 0.224 e. The van der Waals surface area contributed by atoms with Gasteiger partial charge in [0, 0.05) is 24.4 Å². The molecule has 1 unspecified atom stereocenters. The van der Waals surface area contributed by atoms with E-state index in [0.29, 0.717) is 30.0 Å². The molecule has 8 heteroatoms. The molecule has 0 fully saturated rings. The SMILES string of the molecule is CC(N)CCC(=O)Nc1ccc(Oc2cccc(S(C)(=O)=O)c2)cc1.Cl. The van der Waals surface area contributed by atoms with Gasteiger partial charge in [-0.1, -0.05) is 6.07 Å². The van der Waals surface area contributed by atoms with Crippen molar-refractivity contribution in [2.45, 2.75) is 30.7 Å². The number of carbonyl (C=O) groups excluding carboxylic acids is 1. The lowest BCUT2D eigenvalue weighted by Gasteiger charge is -2.09. The number of nitrogens with one attached hydrogen (secondary N) is 1. The number of rotatable bonds is 7. The van der Waals surface area contributed by atoms with Gasteiger partial charge in [0.15, 0.2) is 9.84 Å². The van der Waals surface area contributed by atoms with E-state index in [1.54, 1.807) is 36.4 Å². The third kappa shape index (κ3) is 7.03. The first-order valence-corrected chi connectivity index (χ1v) is 9.76. The van der Waals surface area contributed by atoms with Crippen molar-refractivity contribution < 1.29 is 17.9 Å². The van der Waals surface area contributed by atoms with Gasteiger partial charge in [-0.3, -0.25) is 4.79 Å². The minimum Gasteiger partial charge on any atom is -0.457 e. The molecule has 3 N–H and O–H groups in total. The summed E-state index contributed by atoms with van der Waals surface area (Å²) in [6.45, 7) is 1.86. The lowest BCUT2D eigenvalue weighted by atomic mass is 10.2. The first kappa shape index (κ1) is 22.0. The molecule has 0 aliphatic rings. The number of hydrogen-bond acceptors (Lipinski definition) is 5. The number of ether oxygens (including phenoxy) is 1. The van der Waals surface area contributed by atoms with E-state index in [1.165, 1.54) is 12.1 Å². The molecule has 0 aromatic heterocycles. The van der Waals surface area contributed by atoms with Crippen LogP contribution in [0, 0.1) is 0 Å². The van der Waals surface area contributed by atoms with Crippen molar-refractivity contribution in [2.75, 3.05) is 11.6 Å². The van der Waals surface area contributed by atoms with Crippen LogP contribution in [0.4, 0.5) is 5.69 Å². The van der Waals surface area contributed by atoms with E-state index in [0.717, 1.165) is 6.26 Å². The Hall–Kier alpha value is -2.09. The van der Waals surface area contributed by atoms with Crippen LogP contribution in [0.25, 0.3) is 0 Å². The van der Waals surface area contributed by atoms with Crippen molar-refractivity contribution >= 4 is 33.8 Å². The van der Waals surface area contributed by atoms with Gasteiger partial charge >= 0.3 is 0 Å². The van der Waals surface area contributed by atoms with Crippen LogP contribution < -0.4 is 15.8 Å². The van der Waals surface area contributed by atoms with Gasteiger partial charge in [0.05, 0.1) is 4.90 Å². The molecular weight excluding hydrogens is 376 g/mol. The van der Waals surface area contributed by atoms with Crippen LogP contribution in [0.3, 0.4) is 0 Å². The average Bonchev–Trinajstić information content (AvgIpc) is 2.54. The van der Waals surface area contributed by atoms with Crippen LogP contribution in [0.15, 0.2) is 53.4 Å². The third-order valence-corrected chi connectivity index (χ3v) is 4.54. The zero-order valence-electron chi connectivity index (χ0n) is 14.6. The molecule has 26 heavy (non-hydrogen) atoms. The van der Waals surface area contributed by atoms with Gasteiger partial charge < -0.3 is 15.8 Å². The molecule has 0 radical (unpaired) electrons. The standard InChI is InChI=1S/C18H22N2O4S.ClH/c1-13(19)6-11-18(21)20-14-7-9-15(10-8-14)24-16-4-3-5-17(12-16)25(2,22)23;/h3-5,7-10,12-13H,6,11,19H2,1-2H3,(H,20,21);1H. The maximum absolute atomic E-state index is 11.8. The van der Waals surface area contributed by atoms with Crippen LogP contribution in [-0.4, -0.2) is 26.6 Å². The average molecular weight is 399 g/mol. The maximum atomic E-state index is 11.8. The van der Waals surface area contributed by atoms with Crippen LogP contribution in [-0.2, 0) is 14.6 Å². The molecule has 0 aliphatic heterocycles. The Morgan fingerprint density at radius 3 is 2.38 bits per heavy atom. The zero-order chi connectivity index (χ0) is 18.4. The highest BCUT2D eigenvalue weighted by Crippen LogP contribution is 2.25. The summed E-state index contributed by atoms with van der Waals surface area (Å²) < 4.78 is 28.8. The van der Waals surface area contributed by atoms with Gasteiger partial charge in [-0.15, -0.1) is 12.4 Å². The predicted molar refractivity (Wildman–Crippen MR) is 105 cm³/mol. The quantitative estimate of drug-likeness (QED) is 0.744. The number of nitrogens with two attached hydrogens (primary N) is 1. The van der Waals surface area contributed by atoms with Crippen LogP contribution >= 0.6 is 12.4 Å². The van der Waals surface area contributed by atoms with E-state index in [9.17, 15) is 13.2 Å². The normalized spacial score (nSPS) is 12.0. The molecule has 0 spiro atoms. The molecule has 2 aromatic carbocycles. The van der Waals surface area contributed by atoms with E-state index in [-0.39, 0.29) is 29.3 Å². The Labute approximate surface area is 160 Å². The summed E-state index contributed by atoms with van der Waals surface area (Å²) in [4.78, 5) is 12.0. The zero-order valence-corrected chi connectivity index (χ0v) is 16.3. The number of anilines is 1. The number of amides is 1. The van der Waals surface area contributed by atoms with Crippen LogP contribution in [0.2, 0.25) is 0 Å². The Kier molecular flexibility index (Phi) is 8.08. The largest absolute Gasteiger partial charge is 0.457 e. The molecule has 0 saturated carbocycles. The lowest BCUT2D eigenvalue weighted by molar-refractivity contribution is -0.116.